The van der Waals surface area contributed by atoms with Crippen LogP contribution in [0.3, 0.4) is 0 Å². The molecule has 1 saturated carbocycles. The van der Waals surface area contributed by atoms with Gasteiger partial charge in [-0.25, -0.2) is 4.68 Å². The molecule has 2 heterocycles. The zero-order valence-corrected chi connectivity index (χ0v) is 16.1. The van der Waals surface area contributed by atoms with Crippen LogP contribution in [0.4, 0.5) is 0 Å². The van der Waals surface area contributed by atoms with Crippen molar-refractivity contribution in [2.24, 2.45) is 0 Å². The van der Waals surface area contributed by atoms with Gasteiger partial charge in [-0.1, -0.05) is 24.3 Å². The van der Waals surface area contributed by atoms with Crippen molar-refractivity contribution in [3.8, 4) is 11.3 Å². The molecular weight excluding hydrogens is 366 g/mol. The largest absolute Gasteiger partial charge is 0.374 e. The molecule has 148 valence electrons. The molecule has 7 heteroatoms. The van der Waals surface area contributed by atoms with Crippen LogP contribution in [0.25, 0.3) is 11.3 Å². The van der Waals surface area contributed by atoms with Crippen molar-refractivity contribution in [3.05, 3.63) is 65.9 Å². The number of hydrogen-bond acceptors (Lipinski definition) is 6. The fourth-order valence-corrected chi connectivity index (χ4v) is 4.33. The predicted octanol–water partition coefficient (Wildman–Crippen LogP) is 2.39. The molecule has 29 heavy (non-hydrogen) atoms. The monoisotopic (exact) mass is 389 g/mol. The summed E-state index contributed by atoms with van der Waals surface area (Å²) in [6, 6.07) is 8.58. The fraction of sp³-hybridized carbons (Fsp3) is 0.364. The van der Waals surface area contributed by atoms with Crippen LogP contribution >= 0.6 is 0 Å². The van der Waals surface area contributed by atoms with Crippen LogP contribution in [0, 0.1) is 0 Å². The predicted molar refractivity (Wildman–Crippen MR) is 107 cm³/mol. The third-order valence-electron chi connectivity index (χ3n) is 5.91. The number of nitrogens with zero attached hydrogens (tertiary/aromatic N) is 5. The van der Waals surface area contributed by atoms with Gasteiger partial charge >= 0.3 is 0 Å². The quantitative estimate of drug-likeness (QED) is 0.515. The number of aryl methyl sites for hydroxylation is 1. The van der Waals surface area contributed by atoms with Crippen LogP contribution in [-0.2, 0) is 17.6 Å². The normalized spacial score (nSPS) is 19.7. The molecule has 0 spiro atoms. The second-order valence-electron chi connectivity index (χ2n) is 7.85. The van der Waals surface area contributed by atoms with Crippen molar-refractivity contribution in [1.82, 2.24) is 24.6 Å². The lowest BCUT2D eigenvalue weighted by atomic mass is 9.91. The first-order chi connectivity index (χ1) is 14.2. The number of hydrogen-bond donors (Lipinski definition) is 1. The second kappa shape index (κ2) is 7.50. The summed E-state index contributed by atoms with van der Waals surface area (Å²) in [6.07, 6.45) is 11.8. The average Bonchev–Trinajstić information content (AvgIpc) is 3.52. The molecule has 3 aromatic rings. The Morgan fingerprint density at radius 3 is 2.66 bits per heavy atom. The first kappa shape index (κ1) is 18.1. The van der Waals surface area contributed by atoms with Crippen molar-refractivity contribution in [3.63, 3.8) is 0 Å². The number of aromatic nitrogens is 4. The zero-order chi connectivity index (χ0) is 19.8. The lowest BCUT2D eigenvalue weighted by Gasteiger charge is -2.37. The lowest BCUT2D eigenvalue weighted by molar-refractivity contribution is -0.0378. The van der Waals surface area contributed by atoms with E-state index in [-0.39, 0.29) is 6.04 Å². The van der Waals surface area contributed by atoms with Gasteiger partial charge in [-0.15, -0.1) is 0 Å². The highest BCUT2D eigenvalue weighted by atomic mass is 16.3. The van der Waals surface area contributed by atoms with Crippen LogP contribution in [0.15, 0.2) is 49.1 Å². The summed E-state index contributed by atoms with van der Waals surface area (Å²) in [5.74, 6) is 0. The van der Waals surface area contributed by atoms with Gasteiger partial charge in [0.05, 0.1) is 17.6 Å². The van der Waals surface area contributed by atoms with Crippen LogP contribution in [0.5, 0.6) is 0 Å². The van der Waals surface area contributed by atoms with E-state index >= 15 is 0 Å². The molecule has 2 atom stereocenters. The van der Waals surface area contributed by atoms with Gasteiger partial charge < -0.3 is 5.11 Å². The third kappa shape index (κ3) is 3.59. The first-order valence-corrected chi connectivity index (χ1v) is 10.1. The Balaban J connectivity index is 1.37. The zero-order valence-electron chi connectivity index (χ0n) is 16.1. The van der Waals surface area contributed by atoms with E-state index in [9.17, 15) is 9.90 Å². The van der Waals surface area contributed by atoms with Crippen molar-refractivity contribution in [2.75, 3.05) is 0 Å². The minimum atomic E-state index is -0.647. The van der Waals surface area contributed by atoms with Gasteiger partial charge in [-0.05, 0) is 43.2 Å². The number of rotatable bonds is 6. The van der Waals surface area contributed by atoms with Crippen molar-refractivity contribution in [2.45, 2.75) is 50.4 Å². The first-order valence-electron chi connectivity index (χ1n) is 10.1. The summed E-state index contributed by atoms with van der Waals surface area (Å²) in [5, 5.41) is 15.5. The highest BCUT2D eigenvalue weighted by Crippen LogP contribution is 2.39. The SMILES string of the molecule is O=Cn1cc2c(n1)CCC(N(C1CC1)C(O)c1ccc(-c3cnccn3)cc1)C2. The Morgan fingerprint density at radius 2 is 1.97 bits per heavy atom. The van der Waals surface area contributed by atoms with Gasteiger partial charge in [-0.2, -0.15) is 5.10 Å². The molecule has 2 aliphatic rings. The third-order valence-corrected chi connectivity index (χ3v) is 5.91. The van der Waals surface area contributed by atoms with Crippen molar-refractivity contribution >= 4 is 6.41 Å². The number of fused-ring (bicyclic) bond motifs is 1. The Hall–Kier alpha value is -2.90. The summed E-state index contributed by atoms with van der Waals surface area (Å²) >= 11 is 0. The van der Waals surface area contributed by atoms with E-state index in [1.165, 1.54) is 4.68 Å². The molecule has 5 rings (SSSR count). The van der Waals surface area contributed by atoms with E-state index < -0.39 is 6.23 Å². The van der Waals surface area contributed by atoms with Gasteiger partial charge in [0.1, 0.15) is 6.23 Å². The molecule has 0 bridgehead atoms. The second-order valence-corrected chi connectivity index (χ2v) is 7.85. The summed E-state index contributed by atoms with van der Waals surface area (Å²) in [7, 11) is 0. The molecule has 0 saturated heterocycles. The standard InChI is InChI=1S/C22H23N5O2/c28-14-26-13-17-11-19(7-8-20(17)25-26)27(18-5-6-18)22(29)16-3-1-15(2-4-16)21-12-23-9-10-24-21/h1-4,9-10,12-14,18-19,22,29H,5-8,11H2. The topological polar surface area (TPSA) is 84.1 Å². The maximum atomic E-state index is 11.2. The minimum Gasteiger partial charge on any atom is -0.374 e. The lowest BCUT2D eigenvalue weighted by Crippen LogP contribution is -2.43. The molecule has 0 amide bonds. The van der Waals surface area contributed by atoms with Gasteiger partial charge in [0, 0.05) is 36.2 Å². The Kier molecular flexibility index (Phi) is 4.69. The maximum absolute atomic E-state index is 11.2. The van der Waals surface area contributed by atoms with Crippen LogP contribution in [0.2, 0.25) is 0 Å². The minimum absolute atomic E-state index is 0.244. The fourth-order valence-electron chi connectivity index (χ4n) is 4.33. The Morgan fingerprint density at radius 1 is 1.14 bits per heavy atom. The van der Waals surface area contributed by atoms with Crippen LogP contribution in [-0.4, -0.2) is 48.2 Å². The molecule has 0 aliphatic heterocycles. The highest BCUT2D eigenvalue weighted by Gasteiger charge is 2.40. The van der Waals surface area contributed by atoms with E-state index in [0.29, 0.717) is 6.04 Å². The molecule has 0 radical (unpaired) electrons. The van der Waals surface area contributed by atoms with Gasteiger partial charge in [0.15, 0.2) is 0 Å². The van der Waals surface area contributed by atoms with Crippen LogP contribution < -0.4 is 0 Å². The van der Waals surface area contributed by atoms with Crippen molar-refractivity contribution < 1.29 is 9.90 Å². The molecule has 1 N–H and O–H groups in total. The van der Waals surface area contributed by atoms with E-state index in [2.05, 4.69) is 20.0 Å². The molecule has 2 unspecified atom stereocenters. The number of benzene rings is 1. The molecule has 2 aliphatic carbocycles. The van der Waals surface area contributed by atoms with Gasteiger partial charge in [0.2, 0.25) is 6.41 Å². The molecule has 1 fully saturated rings. The molecule has 1 aromatic carbocycles. The van der Waals surface area contributed by atoms with E-state index in [1.807, 2.05) is 30.5 Å². The number of carbonyl (C=O) groups excluding carboxylic acids is 1. The molecule has 7 nitrogen and oxygen atoms in total. The molecular formula is C22H23N5O2. The van der Waals surface area contributed by atoms with Crippen molar-refractivity contribution in [1.29, 1.82) is 0 Å². The van der Waals surface area contributed by atoms with Gasteiger partial charge in [0.25, 0.3) is 0 Å². The molecule has 2 aromatic heterocycles. The summed E-state index contributed by atoms with van der Waals surface area (Å²) < 4.78 is 1.36. The number of aliphatic hydroxyl groups excluding tert-OH is 1. The Bertz CT molecular complexity index is 998. The summed E-state index contributed by atoms with van der Waals surface area (Å²) in [4.78, 5) is 21.7. The van der Waals surface area contributed by atoms with E-state index in [4.69, 9.17) is 0 Å². The maximum Gasteiger partial charge on any atom is 0.234 e. The number of aliphatic hydroxyl groups is 1. The summed E-state index contributed by atoms with van der Waals surface area (Å²) in [5.41, 5.74) is 4.81. The van der Waals surface area contributed by atoms with Crippen LogP contribution in [0.1, 0.15) is 42.3 Å². The number of carbonyl (C=O) groups is 1. The smallest absolute Gasteiger partial charge is 0.234 e. The highest BCUT2D eigenvalue weighted by molar-refractivity contribution is 5.58. The average molecular weight is 389 g/mol. The summed E-state index contributed by atoms with van der Waals surface area (Å²) in [6.45, 7) is 0. The van der Waals surface area contributed by atoms with Gasteiger partial charge in [-0.3, -0.25) is 19.7 Å². The van der Waals surface area contributed by atoms with E-state index in [0.717, 1.165) is 66.6 Å². The van der Waals surface area contributed by atoms with E-state index in [1.54, 1.807) is 18.6 Å². The Labute approximate surface area is 169 Å².